The summed E-state index contributed by atoms with van der Waals surface area (Å²) in [6.07, 6.45) is 7.93. The van der Waals surface area contributed by atoms with E-state index in [1.165, 1.54) is 12.5 Å². The number of aromatic nitrogens is 4. The molecule has 4 rings (SSSR count). The van der Waals surface area contributed by atoms with E-state index in [1.54, 1.807) is 0 Å². The second kappa shape index (κ2) is 5.92. The second-order valence-corrected chi connectivity index (χ2v) is 6.50. The highest BCUT2D eigenvalue weighted by Gasteiger charge is 2.50. The van der Waals surface area contributed by atoms with Crippen LogP contribution in [0.5, 0.6) is 6.01 Å². The summed E-state index contributed by atoms with van der Waals surface area (Å²) in [5.74, 6) is -0.148. The lowest BCUT2D eigenvalue weighted by Gasteiger charge is -2.28. The van der Waals surface area contributed by atoms with Gasteiger partial charge in [-0.25, -0.2) is 28.7 Å². The summed E-state index contributed by atoms with van der Waals surface area (Å²) in [6.45, 7) is 1.86. The van der Waals surface area contributed by atoms with Crippen LogP contribution < -0.4 is 9.64 Å². The molecule has 0 spiro atoms. The number of anilines is 1. The van der Waals surface area contributed by atoms with E-state index < -0.39 is 11.6 Å². The zero-order valence-electron chi connectivity index (χ0n) is 13.0. The van der Waals surface area contributed by atoms with Gasteiger partial charge in [0.2, 0.25) is 0 Å². The zero-order valence-corrected chi connectivity index (χ0v) is 13.0. The van der Waals surface area contributed by atoms with Crippen molar-refractivity contribution in [2.75, 3.05) is 24.6 Å². The molecule has 2 fully saturated rings. The van der Waals surface area contributed by atoms with Crippen molar-refractivity contribution in [2.24, 2.45) is 11.3 Å². The van der Waals surface area contributed by atoms with E-state index in [1.807, 2.05) is 4.90 Å². The molecule has 126 valence electrons. The van der Waals surface area contributed by atoms with Crippen LogP contribution in [0.3, 0.4) is 0 Å². The van der Waals surface area contributed by atoms with Crippen molar-refractivity contribution >= 4 is 5.82 Å². The van der Waals surface area contributed by atoms with Crippen LogP contribution in [-0.4, -0.2) is 39.6 Å². The molecule has 2 aromatic heterocycles. The molecule has 24 heavy (non-hydrogen) atoms. The van der Waals surface area contributed by atoms with Crippen molar-refractivity contribution in [1.29, 1.82) is 0 Å². The summed E-state index contributed by atoms with van der Waals surface area (Å²) in [5.41, 5.74) is -0.0743. The Morgan fingerprint density at radius 2 is 2.04 bits per heavy atom. The number of nitrogens with zero attached hydrogens (tertiary/aromatic N) is 5. The number of rotatable bonds is 4. The molecular weight excluding hydrogens is 316 g/mol. The predicted molar refractivity (Wildman–Crippen MR) is 81.5 cm³/mol. The van der Waals surface area contributed by atoms with E-state index in [0.717, 1.165) is 38.2 Å². The minimum Gasteiger partial charge on any atom is -0.463 e. The fourth-order valence-corrected chi connectivity index (χ4v) is 3.93. The predicted octanol–water partition coefficient (Wildman–Crippen LogP) is 2.23. The molecule has 2 aliphatic rings. The molecule has 6 nitrogen and oxygen atoms in total. The first-order valence-corrected chi connectivity index (χ1v) is 7.97. The Bertz CT molecular complexity index is 729. The topological polar surface area (TPSA) is 64.0 Å². The molecule has 0 N–H and O–H groups in total. The van der Waals surface area contributed by atoms with Crippen LogP contribution in [0.2, 0.25) is 0 Å². The molecule has 2 aromatic rings. The standard InChI is InChI=1S/C16H17F2N5O/c17-12-4-20-15(21-5-12)24-9-16-3-1-2-11(16)7-23(8-16)14-13(18)6-19-10-22-14/h4-6,10-11H,1-3,7-9H2. The SMILES string of the molecule is Fc1cnc(OCC23CCCC2CN(c2ncncc2F)C3)nc1. The normalized spacial score (nSPS) is 25.8. The van der Waals surface area contributed by atoms with Crippen molar-refractivity contribution < 1.29 is 13.5 Å². The summed E-state index contributed by atoms with van der Waals surface area (Å²) in [4.78, 5) is 17.4. The van der Waals surface area contributed by atoms with E-state index in [2.05, 4.69) is 19.9 Å². The highest BCUT2D eigenvalue weighted by molar-refractivity contribution is 5.41. The maximum Gasteiger partial charge on any atom is 0.316 e. The third-order valence-corrected chi connectivity index (χ3v) is 5.07. The van der Waals surface area contributed by atoms with Gasteiger partial charge in [0.25, 0.3) is 0 Å². The van der Waals surface area contributed by atoms with Gasteiger partial charge >= 0.3 is 6.01 Å². The number of ether oxygens (including phenoxy) is 1. The molecule has 8 heteroatoms. The van der Waals surface area contributed by atoms with Crippen molar-refractivity contribution in [3.8, 4) is 6.01 Å². The first-order chi connectivity index (χ1) is 11.7. The number of fused-ring (bicyclic) bond motifs is 1. The van der Waals surface area contributed by atoms with Crippen molar-refractivity contribution in [1.82, 2.24) is 19.9 Å². The minimum absolute atomic E-state index is 0.0743. The van der Waals surface area contributed by atoms with E-state index in [9.17, 15) is 8.78 Å². The Morgan fingerprint density at radius 1 is 1.21 bits per heavy atom. The van der Waals surface area contributed by atoms with Gasteiger partial charge in [-0.3, -0.25) is 0 Å². The van der Waals surface area contributed by atoms with Gasteiger partial charge in [-0.15, -0.1) is 0 Å². The molecular formula is C16H17F2N5O. The molecule has 2 atom stereocenters. The average molecular weight is 333 g/mol. The van der Waals surface area contributed by atoms with Gasteiger partial charge in [0.1, 0.15) is 6.33 Å². The van der Waals surface area contributed by atoms with E-state index in [0.29, 0.717) is 24.9 Å². The van der Waals surface area contributed by atoms with Gasteiger partial charge in [-0.2, -0.15) is 0 Å². The first-order valence-electron chi connectivity index (χ1n) is 7.97. The van der Waals surface area contributed by atoms with E-state index in [-0.39, 0.29) is 11.4 Å². The maximum atomic E-state index is 14.0. The average Bonchev–Trinajstić information content (AvgIpc) is 3.12. The Hall–Kier alpha value is -2.38. The zero-order chi connectivity index (χ0) is 16.6. The molecule has 2 unspecified atom stereocenters. The van der Waals surface area contributed by atoms with Crippen molar-refractivity contribution in [3.63, 3.8) is 0 Å². The van der Waals surface area contributed by atoms with Crippen LogP contribution in [0.15, 0.2) is 24.9 Å². The van der Waals surface area contributed by atoms with Gasteiger partial charge in [-0.1, -0.05) is 6.42 Å². The number of halogens is 2. The molecule has 0 radical (unpaired) electrons. The lowest BCUT2D eigenvalue weighted by molar-refractivity contribution is 0.129. The molecule has 1 aliphatic carbocycles. The highest BCUT2D eigenvalue weighted by Crippen LogP contribution is 2.49. The van der Waals surface area contributed by atoms with Crippen LogP contribution in [0.1, 0.15) is 19.3 Å². The Kier molecular flexibility index (Phi) is 3.74. The summed E-state index contributed by atoms with van der Waals surface area (Å²) in [6, 6.07) is 0.170. The Balaban J connectivity index is 1.50. The van der Waals surface area contributed by atoms with Gasteiger partial charge in [0.05, 0.1) is 25.2 Å². The maximum absolute atomic E-state index is 14.0. The third-order valence-electron chi connectivity index (χ3n) is 5.07. The van der Waals surface area contributed by atoms with E-state index >= 15 is 0 Å². The molecule has 3 heterocycles. The minimum atomic E-state index is -0.495. The van der Waals surface area contributed by atoms with Gasteiger partial charge < -0.3 is 9.64 Å². The first kappa shape index (κ1) is 15.2. The van der Waals surface area contributed by atoms with Crippen LogP contribution in [-0.2, 0) is 0 Å². The van der Waals surface area contributed by atoms with E-state index in [4.69, 9.17) is 4.74 Å². The summed E-state index contributed by atoms with van der Waals surface area (Å²) >= 11 is 0. The second-order valence-electron chi connectivity index (χ2n) is 6.50. The molecule has 1 saturated carbocycles. The fourth-order valence-electron chi connectivity index (χ4n) is 3.93. The van der Waals surface area contributed by atoms with Gasteiger partial charge in [0.15, 0.2) is 17.5 Å². The van der Waals surface area contributed by atoms with Gasteiger partial charge in [-0.05, 0) is 18.8 Å². The lowest BCUT2D eigenvalue weighted by atomic mass is 9.82. The fraction of sp³-hybridized carbons (Fsp3) is 0.500. The quantitative estimate of drug-likeness (QED) is 0.855. The highest BCUT2D eigenvalue weighted by atomic mass is 19.1. The largest absolute Gasteiger partial charge is 0.463 e. The molecule has 0 amide bonds. The van der Waals surface area contributed by atoms with Crippen LogP contribution in [0.25, 0.3) is 0 Å². The number of hydrogen-bond donors (Lipinski definition) is 0. The summed E-state index contributed by atoms with van der Waals surface area (Å²) < 4.78 is 32.6. The van der Waals surface area contributed by atoms with Crippen LogP contribution in [0, 0.1) is 23.0 Å². The van der Waals surface area contributed by atoms with Gasteiger partial charge in [0, 0.05) is 18.5 Å². The summed E-state index contributed by atoms with van der Waals surface area (Å²) in [5, 5.41) is 0. The van der Waals surface area contributed by atoms with Crippen LogP contribution in [0.4, 0.5) is 14.6 Å². The van der Waals surface area contributed by atoms with Crippen LogP contribution >= 0.6 is 0 Å². The molecule has 1 aliphatic heterocycles. The Labute approximate surface area is 137 Å². The lowest BCUT2D eigenvalue weighted by Crippen LogP contribution is -2.34. The van der Waals surface area contributed by atoms with Crippen molar-refractivity contribution in [3.05, 3.63) is 36.6 Å². The molecule has 0 bridgehead atoms. The Morgan fingerprint density at radius 3 is 2.83 bits per heavy atom. The number of hydrogen-bond acceptors (Lipinski definition) is 6. The molecule has 0 aromatic carbocycles. The third kappa shape index (κ3) is 2.65. The molecule has 1 saturated heterocycles. The smallest absolute Gasteiger partial charge is 0.316 e. The summed E-state index contributed by atoms with van der Waals surface area (Å²) in [7, 11) is 0. The monoisotopic (exact) mass is 333 g/mol. The van der Waals surface area contributed by atoms with Crippen molar-refractivity contribution in [2.45, 2.75) is 19.3 Å².